The van der Waals surface area contributed by atoms with Gasteiger partial charge in [-0.1, -0.05) is 32.9 Å². The molecule has 0 unspecified atom stereocenters. The van der Waals surface area contributed by atoms with Gasteiger partial charge in [-0.2, -0.15) is 0 Å². The molecule has 19 heavy (non-hydrogen) atoms. The van der Waals surface area contributed by atoms with E-state index in [1.54, 1.807) is 0 Å². The molecule has 0 amide bonds. The topological polar surface area (TPSA) is 21.7 Å². The molecule has 1 aromatic rings. The minimum absolute atomic E-state index is 0.201. The highest BCUT2D eigenvalue weighted by molar-refractivity contribution is 5.31. The zero-order valence-corrected chi connectivity index (χ0v) is 12.3. The van der Waals surface area contributed by atoms with Gasteiger partial charge < -0.3 is 9.47 Å². The van der Waals surface area contributed by atoms with Gasteiger partial charge in [0.05, 0.1) is 13.2 Å². The van der Waals surface area contributed by atoms with Crippen molar-refractivity contribution < 1.29 is 9.47 Å². The second-order valence-corrected chi connectivity index (χ2v) is 6.08. The number of morpholine rings is 1. The molecule has 106 valence electrons. The number of hydrogen-bond donors (Lipinski definition) is 0. The second-order valence-electron chi connectivity index (χ2n) is 6.08. The van der Waals surface area contributed by atoms with E-state index >= 15 is 0 Å². The Morgan fingerprint density at radius 1 is 1.11 bits per heavy atom. The first-order valence-corrected chi connectivity index (χ1v) is 7.09. The summed E-state index contributed by atoms with van der Waals surface area (Å²) in [7, 11) is 0. The van der Waals surface area contributed by atoms with Gasteiger partial charge in [-0.15, -0.1) is 0 Å². The molecule has 0 radical (unpaired) electrons. The summed E-state index contributed by atoms with van der Waals surface area (Å²) in [6, 6.07) is 8.45. The molecule has 0 N–H and O–H groups in total. The van der Waals surface area contributed by atoms with Crippen molar-refractivity contribution in [3.8, 4) is 5.75 Å². The predicted octanol–water partition coefficient (Wildman–Crippen LogP) is 2.70. The van der Waals surface area contributed by atoms with Crippen LogP contribution in [-0.4, -0.2) is 44.4 Å². The van der Waals surface area contributed by atoms with Crippen LogP contribution >= 0.6 is 0 Å². The van der Waals surface area contributed by atoms with E-state index in [0.29, 0.717) is 0 Å². The lowest BCUT2D eigenvalue weighted by atomic mass is 9.87. The monoisotopic (exact) mass is 263 g/mol. The van der Waals surface area contributed by atoms with E-state index in [2.05, 4.69) is 49.9 Å². The van der Waals surface area contributed by atoms with E-state index in [1.807, 2.05) is 0 Å². The van der Waals surface area contributed by atoms with E-state index in [0.717, 1.165) is 45.2 Å². The fourth-order valence-corrected chi connectivity index (χ4v) is 2.17. The summed E-state index contributed by atoms with van der Waals surface area (Å²) in [5, 5.41) is 0. The summed E-state index contributed by atoms with van der Waals surface area (Å²) in [5.74, 6) is 0.959. The van der Waals surface area contributed by atoms with Crippen LogP contribution in [0, 0.1) is 0 Å². The number of hydrogen-bond acceptors (Lipinski definition) is 3. The Labute approximate surface area is 116 Å². The summed E-state index contributed by atoms with van der Waals surface area (Å²) >= 11 is 0. The normalized spacial score (nSPS) is 17.4. The lowest BCUT2D eigenvalue weighted by molar-refractivity contribution is 0.0322. The van der Waals surface area contributed by atoms with E-state index in [-0.39, 0.29) is 5.41 Å². The van der Waals surface area contributed by atoms with Crippen LogP contribution in [0.1, 0.15) is 26.3 Å². The quantitative estimate of drug-likeness (QED) is 0.833. The third-order valence-electron chi connectivity index (χ3n) is 3.50. The maximum atomic E-state index is 5.79. The Hall–Kier alpha value is -1.06. The van der Waals surface area contributed by atoms with E-state index in [4.69, 9.17) is 9.47 Å². The Morgan fingerprint density at radius 3 is 2.32 bits per heavy atom. The number of benzene rings is 1. The van der Waals surface area contributed by atoms with Crippen LogP contribution < -0.4 is 4.74 Å². The molecule has 0 spiro atoms. The summed E-state index contributed by atoms with van der Waals surface area (Å²) < 4.78 is 11.1. The van der Waals surface area contributed by atoms with Crippen molar-refractivity contribution in [1.29, 1.82) is 0 Å². The Bertz CT molecular complexity index is 375. The molecule has 1 aliphatic heterocycles. The molecule has 0 aromatic heterocycles. The Balaban J connectivity index is 1.76. The highest BCUT2D eigenvalue weighted by Gasteiger charge is 2.13. The molecule has 0 saturated carbocycles. The van der Waals surface area contributed by atoms with Crippen molar-refractivity contribution in [3.05, 3.63) is 29.8 Å². The average Bonchev–Trinajstić information content (AvgIpc) is 2.39. The molecule has 1 aliphatic rings. The minimum Gasteiger partial charge on any atom is -0.492 e. The zero-order chi connectivity index (χ0) is 13.7. The first-order chi connectivity index (χ1) is 9.05. The van der Waals surface area contributed by atoms with Gasteiger partial charge in [0.1, 0.15) is 12.4 Å². The predicted molar refractivity (Wildman–Crippen MR) is 77.9 cm³/mol. The molecule has 1 fully saturated rings. The minimum atomic E-state index is 0.201. The molecular formula is C16H25NO2. The third kappa shape index (κ3) is 4.51. The third-order valence-corrected chi connectivity index (χ3v) is 3.50. The van der Waals surface area contributed by atoms with Gasteiger partial charge in [0.15, 0.2) is 0 Å². The van der Waals surface area contributed by atoms with Crippen molar-refractivity contribution in [3.63, 3.8) is 0 Å². The lowest BCUT2D eigenvalue weighted by Crippen LogP contribution is -2.38. The number of ether oxygens (including phenoxy) is 2. The fourth-order valence-electron chi connectivity index (χ4n) is 2.17. The molecule has 1 saturated heterocycles. The molecular weight excluding hydrogens is 238 g/mol. The number of rotatable bonds is 4. The molecule has 3 heteroatoms. The van der Waals surface area contributed by atoms with E-state index < -0.39 is 0 Å². The molecule has 1 aromatic carbocycles. The van der Waals surface area contributed by atoms with Crippen LogP contribution in [0.2, 0.25) is 0 Å². The van der Waals surface area contributed by atoms with Gasteiger partial charge in [-0.3, -0.25) is 4.90 Å². The highest BCUT2D eigenvalue weighted by atomic mass is 16.5. The van der Waals surface area contributed by atoms with Gasteiger partial charge in [0.2, 0.25) is 0 Å². The largest absolute Gasteiger partial charge is 0.492 e. The second kappa shape index (κ2) is 6.40. The van der Waals surface area contributed by atoms with Crippen molar-refractivity contribution in [2.45, 2.75) is 26.2 Å². The van der Waals surface area contributed by atoms with Gasteiger partial charge in [0, 0.05) is 19.6 Å². The van der Waals surface area contributed by atoms with Crippen molar-refractivity contribution >= 4 is 0 Å². The molecule has 2 rings (SSSR count). The van der Waals surface area contributed by atoms with Gasteiger partial charge in [-0.05, 0) is 23.1 Å². The highest BCUT2D eigenvalue weighted by Crippen LogP contribution is 2.24. The summed E-state index contributed by atoms with van der Waals surface area (Å²) in [6.07, 6.45) is 0. The van der Waals surface area contributed by atoms with E-state index in [1.165, 1.54) is 5.56 Å². The summed E-state index contributed by atoms with van der Waals surface area (Å²) in [4.78, 5) is 2.38. The van der Waals surface area contributed by atoms with Crippen LogP contribution in [0.3, 0.4) is 0 Å². The van der Waals surface area contributed by atoms with Gasteiger partial charge in [0.25, 0.3) is 0 Å². The smallest absolute Gasteiger partial charge is 0.119 e. The first kappa shape index (κ1) is 14.4. The molecule has 3 nitrogen and oxygen atoms in total. The van der Waals surface area contributed by atoms with Crippen molar-refractivity contribution in [2.24, 2.45) is 0 Å². The Kier molecular flexibility index (Phi) is 4.83. The van der Waals surface area contributed by atoms with Gasteiger partial charge in [-0.25, -0.2) is 0 Å². The summed E-state index contributed by atoms with van der Waals surface area (Å²) in [6.45, 7) is 12.1. The van der Waals surface area contributed by atoms with Gasteiger partial charge >= 0.3 is 0 Å². The summed E-state index contributed by atoms with van der Waals surface area (Å²) in [5.41, 5.74) is 1.54. The lowest BCUT2D eigenvalue weighted by Gasteiger charge is -2.26. The van der Waals surface area contributed by atoms with Crippen LogP contribution in [0.15, 0.2) is 24.3 Å². The Morgan fingerprint density at radius 2 is 1.74 bits per heavy atom. The van der Waals surface area contributed by atoms with Crippen LogP contribution in [0.4, 0.5) is 0 Å². The van der Waals surface area contributed by atoms with E-state index in [9.17, 15) is 0 Å². The van der Waals surface area contributed by atoms with Crippen LogP contribution in [0.25, 0.3) is 0 Å². The SMILES string of the molecule is CC(C)(C)c1ccc(OCCN2CCOCC2)cc1. The average molecular weight is 263 g/mol. The molecule has 0 atom stereocenters. The van der Waals surface area contributed by atoms with Crippen molar-refractivity contribution in [1.82, 2.24) is 4.90 Å². The first-order valence-electron chi connectivity index (χ1n) is 7.09. The zero-order valence-electron chi connectivity index (χ0n) is 12.3. The van der Waals surface area contributed by atoms with Crippen LogP contribution in [-0.2, 0) is 10.2 Å². The standard InChI is InChI=1S/C16H25NO2/c1-16(2,3)14-4-6-15(7-5-14)19-13-10-17-8-11-18-12-9-17/h4-7H,8-13H2,1-3H3. The molecule has 0 aliphatic carbocycles. The fraction of sp³-hybridized carbons (Fsp3) is 0.625. The van der Waals surface area contributed by atoms with Crippen LogP contribution in [0.5, 0.6) is 5.75 Å². The maximum absolute atomic E-state index is 5.79. The van der Waals surface area contributed by atoms with Crippen molar-refractivity contribution in [2.75, 3.05) is 39.5 Å². The maximum Gasteiger partial charge on any atom is 0.119 e. The molecule has 0 bridgehead atoms. The molecule has 1 heterocycles. The number of nitrogens with zero attached hydrogens (tertiary/aromatic N) is 1.